The molecule has 142 valence electrons. The summed E-state index contributed by atoms with van der Waals surface area (Å²) in [5.74, 6) is 2.86. The van der Waals surface area contributed by atoms with Gasteiger partial charge < -0.3 is 19.6 Å². The monoisotopic (exact) mass is 360 g/mol. The van der Waals surface area contributed by atoms with Crippen LogP contribution in [-0.4, -0.2) is 47.2 Å². The predicted octanol–water partition coefficient (Wildman–Crippen LogP) is 2.25. The first kappa shape index (κ1) is 18.4. The molecule has 2 N–H and O–H groups in total. The lowest BCUT2D eigenvalue weighted by molar-refractivity contribution is 0.146. The quantitative estimate of drug-likeness (QED) is 0.578. The molecular weight excluding hydrogens is 332 g/mol. The molecule has 0 saturated carbocycles. The second kappa shape index (κ2) is 9.38. The maximum Gasteiger partial charge on any atom is 0.248 e. The van der Waals surface area contributed by atoms with E-state index < -0.39 is 0 Å². The van der Waals surface area contributed by atoms with Crippen LogP contribution in [0.25, 0.3) is 0 Å². The smallest absolute Gasteiger partial charge is 0.248 e. The zero-order valence-corrected chi connectivity index (χ0v) is 15.6. The minimum Gasteiger partial charge on any atom is -0.468 e. The van der Waals surface area contributed by atoms with Gasteiger partial charge in [0.15, 0.2) is 11.8 Å². The van der Waals surface area contributed by atoms with Gasteiger partial charge in [-0.05, 0) is 51.9 Å². The summed E-state index contributed by atoms with van der Waals surface area (Å²) in [7, 11) is 0. The molecule has 0 radical (unpaired) electrons. The Bertz CT molecular complexity index is 676. The van der Waals surface area contributed by atoms with Crippen molar-refractivity contribution in [2.75, 3.05) is 26.2 Å². The fraction of sp³-hybridized carbons (Fsp3) is 0.611. The number of nitrogens with one attached hydrogen (secondary N) is 2. The molecule has 3 heterocycles. The Morgan fingerprint density at radius 3 is 2.81 bits per heavy atom. The number of likely N-dealkylation sites (tertiary alicyclic amines) is 1. The van der Waals surface area contributed by atoms with E-state index in [0.717, 1.165) is 37.9 Å². The normalized spacial score (nSPS) is 17.2. The van der Waals surface area contributed by atoms with E-state index in [1.807, 2.05) is 19.1 Å². The first-order valence-corrected chi connectivity index (χ1v) is 9.35. The molecule has 26 heavy (non-hydrogen) atoms. The SMILES string of the molecule is CCNC(=NCc1nc(C)no1)NCC(c1ccco1)N1CCCCC1. The van der Waals surface area contributed by atoms with Crippen molar-refractivity contribution in [1.29, 1.82) is 0 Å². The molecule has 0 amide bonds. The van der Waals surface area contributed by atoms with Crippen LogP contribution in [0.2, 0.25) is 0 Å². The lowest BCUT2D eigenvalue weighted by Gasteiger charge is -2.33. The lowest BCUT2D eigenvalue weighted by atomic mass is 10.1. The summed E-state index contributed by atoms with van der Waals surface area (Å²) in [6.07, 6.45) is 5.52. The van der Waals surface area contributed by atoms with E-state index in [-0.39, 0.29) is 6.04 Å². The first-order chi connectivity index (χ1) is 12.8. The molecule has 1 saturated heterocycles. The highest BCUT2D eigenvalue weighted by Gasteiger charge is 2.24. The average molecular weight is 360 g/mol. The van der Waals surface area contributed by atoms with Gasteiger partial charge in [0.05, 0.1) is 12.3 Å². The average Bonchev–Trinajstić information content (AvgIpc) is 3.33. The molecule has 3 rings (SSSR count). The molecule has 8 nitrogen and oxygen atoms in total. The number of hydrogen-bond donors (Lipinski definition) is 2. The number of hydrogen-bond acceptors (Lipinski definition) is 6. The third-order valence-electron chi connectivity index (χ3n) is 4.45. The summed E-state index contributed by atoms with van der Waals surface area (Å²) in [6, 6.07) is 4.19. The van der Waals surface area contributed by atoms with E-state index >= 15 is 0 Å². The molecule has 8 heteroatoms. The van der Waals surface area contributed by atoms with Crippen LogP contribution >= 0.6 is 0 Å². The van der Waals surface area contributed by atoms with Crippen LogP contribution in [0, 0.1) is 6.92 Å². The van der Waals surface area contributed by atoms with Gasteiger partial charge in [0, 0.05) is 13.1 Å². The third-order valence-corrected chi connectivity index (χ3v) is 4.45. The van der Waals surface area contributed by atoms with Crippen LogP contribution in [0.5, 0.6) is 0 Å². The number of nitrogens with zero attached hydrogens (tertiary/aromatic N) is 4. The second-order valence-electron chi connectivity index (χ2n) is 6.44. The van der Waals surface area contributed by atoms with Crippen LogP contribution in [0.1, 0.15) is 49.7 Å². The van der Waals surface area contributed by atoms with Crippen LogP contribution < -0.4 is 10.6 Å². The topological polar surface area (TPSA) is 91.7 Å². The summed E-state index contributed by atoms with van der Waals surface area (Å²) in [4.78, 5) is 11.2. The highest BCUT2D eigenvalue weighted by Crippen LogP contribution is 2.24. The van der Waals surface area contributed by atoms with E-state index in [0.29, 0.717) is 18.3 Å². The molecule has 1 aliphatic rings. The largest absolute Gasteiger partial charge is 0.468 e. The van der Waals surface area contributed by atoms with Gasteiger partial charge in [-0.25, -0.2) is 4.99 Å². The van der Waals surface area contributed by atoms with Crippen molar-refractivity contribution < 1.29 is 8.94 Å². The summed E-state index contributed by atoms with van der Waals surface area (Å²) in [5.41, 5.74) is 0. The van der Waals surface area contributed by atoms with Crippen molar-refractivity contribution in [1.82, 2.24) is 25.7 Å². The highest BCUT2D eigenvalue weighted by atomic mass is 16.5. The van der Waals surface area contributed by atoms with Gasteiger partial charge in [-0.3, -0.25) is 4.90 Å². The van der Waals surface area contributed by atoms with E-state index in [1.165, 1.54) is 19.3 Å². The molecule has 0 spiro atoms. The van der Waals surface area contributed by atoms with E-state index in [4.69, 9.17) is 8.94 Å². The van der Waals surface area contributed by atoms with Crippen LogP contribution in [0.15, 0.2) is 32.3 Å². The van der Waals surface area contributed by atoms with Crippen LogP contribution in [-0.2, 0) is 6.54 Å². The van der Waals surface area contributed by atoms with Crippen LogP contribution in [0.4, 0.5) is 0 Å². The van der Waals surface area contributed by atoms with Crippen molar-refractivity contribution in [3.8, 4) is 0 Å². The molecule has 1 unspecified atom stereocenters. The predicted molar refractivity (Wildman–Crippen MR) is 98.7 cm³/mol. The zero-order chi connectivity index (χ0) is 18.2. The van der Waals surface area contributed by atoms with Gasteiger partial charge in [0.1, 0.15) is 12.3 Å². The number of rotatable bonds is 7. The van der Waals surface area contributed by atoms with E-state index in [9.17, 15) is 0 Å². The Balaban J connectivity index is 1.64. The number of aromatic nitrogens is 2. The first-order valence-electron chi connectivity index (χ1n) is 9.35. The summed E-state index contributed by atoms with van der Waals surface area (Å²) in [6.45, 7) is 7.90. The van der Waals surface area contributed by atoms with E-state index in [2.05, 4.69) is 30.7 Å². The third kappa shape index (κ3) is 5.08. The second-order valence-corrected chi connectivity index (χ2v) is 6.44. The molecule has 1 fully saturated rings. The molecule has 2 aromatic heterocycles. The molecule has 1 aliphatic heterocycles. The molecule has 0 bridgehead atoms. The summed E-state index contributed by atoms with van der Waals surface area (Å²) < 4.78 is 10.8. The van der Waals surface area contributed by atoms with Gasteiger partial charge in [-0.2, -0.15) is 4.98 Å². The van der Waals surface area contributed by atoms with Gasteiger partial charge in [-0.1, -0.05) is 11.6 Å². The minimum absolute atomic E-state index is 0.194. The highest BCUT2D eigenvalue weighted by molar-refractivity contribution is 5.79. The van der Waals surface area contributed by atoms with Crippen molar-refractivity contribution in [2.24, 2.45) is 4.99 Å². The maximum absolute atomic E-state index is 5.70. The fourth-order valence-corrected chi connectivity index (χ4v) is 3.21. The molecule has 2 aromatic rings. The Morgan fingerprint density at radius 1 is 1.31 bits per heavy atom. The van der Waals surface area contributed by atoms with Gasteiger partial charge in [0.25, 0.3) is 0 Å². The van der Waals surface area contributed by atoms with Crippen molar-refractivity contribution >= 4 is 5.96 Å². The number of piperidine rings is 1. The molecule has 0 aliphatic carbocycles. The Morgan fingerprint density at radius 2 is 2.15 bits per heavy atom. The van der Waals surface area contributed by atoms with Crippen LogP contribution in [0.3, 0.4) is 0 Å². The van der Waals surface area contributed by atoms with Crippen molar-refractivity contribution in [2.45, 2.75) is 45.7 Å². The lowest BCUT2D eigenvalue weighted by Crippen LogP contribution is -2.44. The Kier molecular flexibility index (Phi) is 6.65. The van der Waals surface area contributed by atoms with Gasteiger partial charge >= 0.3 is 0 Å². The maximum atomic E-state index is 5.70. The molecular formula is C18H28N6O2. The van der Waals surface area contributed by atoms with E-state index in [1.54, 1.807) is 13.2 Å². The fourth-order valence-electron chi connectivity index (χ4n) is 3.21. The number of aliphatic imine (C=N–C) groups is 1. The van der Waals surface area contributed by atoms with Crippen molar-refractivity contribution in [3.05, 3.63) is 35.9 Å². The standard InChI is InChI=1S/C18H28N6O2/c1-3-19-18(21-13-17-22-14(2)23-26-17)20-12-15(16-8-7-11-25-16)24-9-5-4-6-10-24/h7-8,11,15H,3-6,9-10,12-13H2,1-2H3,(H2,19,20,21). The minimum atomic E-state index is 0.194. The van der Waals surface area contributed by atoms with Crippen molar-refractivity contribution in [3.63, 3.8) is 0 Å². The number of aryl methyl sites for hydroxylation is 1. The summed E-state index contributed by atoms with van der Waals surface area (Å²) >= 11 is 0. The van der Waals surface area contributed by atoms with Gasteiger partial charge in [0.2, 0.25) is 5.89 Å². The zero-order valence-electron chi connectivity index (χ0n) is 15.6. The Labute approximate surface area is 154 Å². The number of furan rings is 1. The van der Waals surface area contributed by atoms with Gasteiger partial charge in [-0.15, -0.1) is 0 Å². The molecule has 0 aromatic carbocycles. The number of guanidine groups is 1. The Hall–Kier alpha value is -2.35. The summed E-state index contributed by atoms with van der Waals surface area (Å²) in [5, 5.41) is 10.5. The molecule has 1 atom stereocenters.